The molecule has 72 valence electrons. The second-order valence-corrected chi connectivity index (χ2v) is 3.51. The van der Waals surface area contributed by atoms with E-state index < -0.39 is 0 Å². The first-order valence-corrected chi connectivity index (χ1v) is 4.62. The van der Waals surface area contributed by atoms with E-state index >= 15 is 0 Å². The van der Waals surface area contributed by atoms with E-state index in [9.17, 15) is 0 Å². The van der Waals surface area contributed by atoms with Crippen molar-refractivity contribution in [1.29, 1.82) is 0 Å². The molecule has 4 N–H and O–H groups in total. The van der Waals surface area contributed by atoms with Crippen molar-refractivity contribution < 1.29 is 0 Å². The zero-order valence-electron chi connectivity index (χ0n) is 7.87. The molecule has 0 spiro atoms. The van der Waals surface area contributed by atoms with Gasteiger partial charge in [0.15, 0.2) is 0 Å². The van der Waals surface area contributed by atoms with Gasteiger partial charge < -0.3 is 16.4 Å². The van der Waals surface area contributed by atoms with Crippen molar-refractivity contribution in [2.24, 2.45) is 11.5 Å². The number of nitrogens with two attached hydrogens (primary N) is 2. The molecule has 0 radical (unpaired) electrons. The number of piperazine rings is 1. The first-order chi connectivity index (χ1) is 5.74. The molecule has 1 rings (SSSR count). The van der Waals surface area contributed by atoms with Crippen LogP contribution in [0.3, 0.4) is 0 Å². The molecule has 0 bridgehead atoms. The fraction of sp³-hybridized carbons (Fsp3) is 1.00. The predicted molar refractivity (Wildman–Crippen MR) is 50.7 cm³/mol. The zero-order valence-corrected chi connectivity index (χ0v) is 7.87. The van der Waals surface area contributed by atoms with Crippen LogP contribution < -0.4 is 11.5 Å². The van der Waals surface area contributed by atoms with Gasteiger partial charge in [-0.1, -0.05) is 0 Å². The van der Waals surface area contributed by atoms with Gasteiger partial charge in [0, 0.05) is 26.2 Å². The second kappa shape index (κ2) is 4.77. The monoisotopic (exact) mass is 172 g/mol. The lowest BCUT2D eigenvalue weighted by molar-refractivity contribution is 0.0931. The Bertz CT molecular complexity index is 126. The highest BCUT2D eigenvalue weighted by Gasteiger charge is 2.20. The molecule has 0 saturated carbocycles. The Morgan fingerprint density at radius 2 is 2.17 bits per heavy atom. The molecule has 0 aliphatic carbocycles. The smallest absolute Gasteiger partial charge is 0.0703 e. The number of hydrogen-bond donors (Lipinski definition) is 2. The standard InChI is InChI=1S/C8H20N4/c1-11-5-6-12(4-2-3-9)8(10)7-11/h8H,2-7,9-10H2,1H3. The normalized spacial score (nSPS) is 27.8. The third kappa shape index (κ3) is 2.71. The van der Waals surface area contributed by atoms with E-state index in [4.69, 9.17) is 11.5 Å². The van der Waals surface area contributed by atoms with Crippen molar-refractivity contribution in [3.63, 3.8) is 0 Å². The summed E-state index contributed by atoms with van der Waals surface area (Å²) >= 11 is 0. The largest absolute Gasteiger partial charge is 0.330 e. The molecule has 4 nitrogen and oxygen atoms in total. The van der Waals surface area contributed by atoms with Crippen molar-refractivity contribution in [1.82, 2.24) is 9.80 Å². The molecule has 1 unspecified atom stereocenters. The van der Waals surface area contributed by atoms with Gasteiger partial charge in [-0.25, -0.2) is 0 Å². The summed E-state index contributed by atoms with van der Waals surface area (Å²) < 4.78 is 0. The van der Waals surface area contributed by atoms with Gasteiger partial charge in [0.1, 0.15) is 0 Å². The van der Waals surface area contributed by atoms with Crippen LogP contribution in [0.1, 0.15) is 6.42 Å². The summed E-state index contributed by atoms with van der Waals surface area (Å²) in [6.45, 7) is 4.99. The van der Waals surface area contributed by atoms with Gasteiger partial charge in [-0.3, -0.25) is 4.90 Å². The Hall–Kier alpha value is -0.160. The Morgan fingerprint density at radius 3 is 2.75 bits per heavy atom. The minimum Gasteiger partial charge on any atom is -0.330 e. The summed E-state index contributed by atoms with van der Waals surface area (Å²) in [5.41, 5.74) is 11.4. The summed E-state index contributed by atoms with van der Waals surface area (Å²) in [4.78, 5) is 4.58. The minimum atomic E-state index is 0.204. The van der Waals surface area contributed by atoms with Gasteiger partial charge >= 0.3 is 0 Å². The maximum Gasteiger partial charge on any atom is 0.0703 e. The van der Waals surface area contributed by atoms with Gasteiger partial charge in [0.2, 0.25) is 0 Å². The van der Waals surface area contributed by atoms with Crippen molar-refractivity contribution in [2.45, 2.75) is 12.6 Å². The summed E-state index contributed by atoms with van der Waals surface area (Å²) in [6, 6.07) is 0. The molecule has 1 heterocycles. The molecule has 1 fully saturated rings. The Labute approximate surface area is 74.5 Å². The topological polar surface area (TPSA) is 58.5 Å². The fourth-order valence-electron chi connectivity index (χ4n) is 1.56. The van der Waals surface area contributed by atoms with Gasteiger partial charge in [-0.2, -0.15) is 0 Å². The third-order valence-corrected chi connectivity index (χ3v) is 2.39. The van der Waals surface area contributed by atoms with E-state index in [2.05, 4.69) is 16.8 Å². The van der Waals surface area contributed by atoms with Crippen molar-refractivity contribution in [3.05, 3.63) is 0 Å². The maximum absolute atomic E-state index is 5.95. The number of nitrogens with zero attached hydrogens (tertiary/aromatic N) is 2. The summed E-state index contributed by atoms with van der Waals surface area (Å²) in [5, 5.41) is 0. The highest BCUT2D eigenvalue weighted by atomic mass is 15.3. The highest BCUT2D eigenvalue weighted by Crippen LogP contribution is 2.03. The van der Waals surface area contributed by atoms with Gasteiger partial charge in [0.05, 0.1) is 6.17 Å². The molecule has 0 aromatic heterocycles. The lowest BCUT2D eigenvalue weighted by Gasteiger charge is -2.37. The Morgan fingerprint density at radius 1 is 1.42 bits per heavy atom. The van der Waals surface area contributed by atoms with E-state index in [1.807, 2.05) is 0 Å². The molecule has 0 aromatic rings. The van der Waals surface area contributed by atoms with Gasteiger partial charge in [-0.15, -0.1) is 0 Å². The quantitative estimate of drug-likeness (QED) is 0.565. The van der Waals surface area contributed by atoms with Crippen LogP contribution >= 0.6 is 0 Å². The molecule has 12 heavy (non-hydrogen) atoms. The van der Waals surface area contributed by atoms with Crippen LogP contribution in [0, 0.1) is 0 Å². The Kier molecular flexibility index (Phi) is 3.94. The second-order valence-electron chi connectivity index (χ2n) is 3.51. The maximum atomic E-state index is 5.95. The molecule has 0 amide bonds. The van der Waals surface area contributed by atoms with Crippen molar-refractivity contribution >= 4 is 0 Å². The van der Waals surface area contributed by atoms with Crippen molar-refractivity contribution in [2.75, 3.05) is 39.8 Å². The van der Waals surface area contributed by atoms with Crippen LogP contribution in [0.5, 0.6) is 0 Å². The van der Waals surface area contributed by atoms with Crippen LogP contribution in [-0.2, 0) is 0 Å². The van der Waals surface area contributed by atoms with E-state index in [0.717, 1.165) is 39.1 Å². The van der Waals surface area contributed by atoms with Gasteiger partial charge in [0.25, 0.3) is 0 Å². The minimum absolute atomic E-state index is 0.204. The fourth-order valence-corrected chi connectivity index (χ4v) is 1.56. The molecule has 0 aromatic carbocycles. The summed E-state index contributed by atoms with van der Waals surface area (Å²) in [5.74, 6) is 0. The van der Waals surface area contributed by atoms with Crippen LogP contribution in [0.4, 0.5) is 0 Å². The Balaban J connectivity index is 2.25. The zero-order chi connectivity index (χ0) is 8.97. The SMILES string of the molecule is CN1CCN(CCCN)C(N)C1. The van der Waals surface area contributed by atoms with E-state index in [0.29, 0.717) is 0 Å². The summed E-state index contributed by atoms with van der Waals surface area (Å²) in [6.07, 6.45) is 1.26. The van der Waals surface area contributed by atoms with Crippen molar-refractivity contribution in [3.8, 4) is 0 Å². The predicted octanol–water partition coefficient (Wildman–Crippen LogP) is -1.13. The highest BCUT2D eigenvalue weighted by molar-refractivity contribution is 4.75. The van der Waals surface area contributed by atoms with E-state index in [-0.39, 0.29) is 6.17 Å². The van der Waals surface area contributed by atoms with Crippen LogP contribution in [-0.4, -0.2) is 55.7 Å². The molecular weight excluding hydrogens is 152 g/mol. The molecule has 4 heteroatoms. The molecule has 1 aliphatic heterocycles. The third-order valence-electron chi connectivity index (χ3n) is 2.39. The first kappa shape index (κ1) is 9.92. The van der Waals surface area contributed by atoms with Crippen LogP contribution in [0.25, 0.3) is 0 Å². The molecule has 1 aliphatic rings. The molecule has 1 atom stereocenters. The first-order valence-electron chi connectivity index (χ1n) is 4.62. The lowest BCUT2D eigenvalue weighted by Crippen LogP contribution is -2.56. The molecule has 1 saturated heterocycles. The average Bonchev–Trinajstić information content (AvgIpc) is 2.03. The number of hydrogen-bond acceptors (Lipinski definition) is 4. The summed E-state index contributed by atoms with van der Waals surface area (Å²) in [7, 11) is 2.11. The van der Waals surface area contributed by atoms with Crippen LogP contribution in [0.15, 0.2) is 0 Å². The van der Waals surface area contributed by atoms with E-state index in [1.54, 1.807) is 0 Å². The number of likely N-dealkylation sites (N-methyl/N-ethyl adjacent to an activating group) is 1. The van der Waals surface area contributed by atoms with Gasteiger partial charge in [-0.05, 0) is 20.0 Å². The van der Waals surface area contributed by atoms with Crippen LogP contribution in [0.2, 0.25) is 0 Å². The number of rotatable bonds is 3. The molecular formula is C8H20N4. The lowest BCUT2D eigenvalue weighted by atomic mass is 10.2. The van der Waals surface area contributed by atoms with E-state index in [1.165, 1.54) is 0 Å². The average molecular weight is 172 g/mol.